The van der Waals surface area contributed by atoms with Crippen molar-refractivity contribution >= 4 is 28.9 Å². The molecule has 3 N–H and O–H groups in total. The van der Waals surface area contributed by atoms with E-state index in [4.69, 9.17) is 21.7 Å². The van der Waals surface area contributed by atoms with Gasteiger partial charge in [0.25, 0.3) is 5.91 Å². The molecule has 1 heterocycles. The standard InChI is InChI=1S/C21H23N3O3S/c1-4-27-16-11-7-5-9-14(16)19-18(13(2)22-21(28)24-19)20(25)23-15-10-6-8-12-17(15)26-3/h5-12,19H,4H2,1-3H3,(H,23,25)(H2,22,24,28). The van der Waals surface area contributed by atoms with Gasteiger partial charge in [-0.25, -0.2) is 0 Å². The summed E-state index contributed by atoms with van der Waals surface area (Å²) in [4.78, 5) is 13.2. The Hall–Kier alpha value is -3.06. The van der Waals surface area contributed by atoms with E-state index < -0.39 is 6.04 Å². The van der Waals surface area contributed by atoms with Gasteiger partial charge in [0.15, 0.2) is 5.11 Å². The van der Waals surface area contributed by atoms with Crippen LogP contribution in [0.1, 0.15) is 25.5 Å². The number of benzene rings is 2. The van der Waals surface area contributed by atoms with Crippen LogP contribution in [0, 0.1) is 0 Å². The van der Waals surface area contributed by atoms with E-state index in [1.807, 2.05) is 50.2 Å². The number of hydrogen-bond donors (Lipinski definition) is 3. The van der Waals surface area contributed by atoms with E-state index in [-0.39, 0.29) is 5.91 Å². The van der Waals surface area contributed by atoms with Crippen molar-refractivity contribution in [1.82, 2.24) is 10.6 Å². The zero-order chi connectivity index (χ0) is 20.1. The molecule has 2 aromatic carbocycles. The highest BCUT2D eigenvalue weighted by Gasteiger charge is 2.32. The zero-order valence-corrected chi connectivity index (χ0v) is 16.9. The Morgan fingerprint density at radius 3 is 2.54 bits per heavy atom. The third-order valence-corrected chi connectivity index (χ3v) is 4.62. The van der Waals surface area contributed by atoms with Crippen LogP contribution in [0.2, 0.25) is 0 Å². The van der Waals surface area contributed by atoms with Crippen LogP contribution in [0.5, 0.6) is 11.5 Å². The predicted molar refractivity (Wildman–Crippen MR) is 114 cm³/mol. The fraction of sp³-hybridized carbons (Fsp3) is 0.238. The first-order valence-corrected chi connectivity index (χ1v) is 9.40. The molecule has 0 aromatic heterocycles. The van der Waals surface area contributed by atoms with Crippen molar-refractivity contribution in [3.63, 3.8) is 0 Å². The largest absolute Gasteiger partial charge is 0.495 e. The summed E-state index contributed by atoms with van der Waals surface area (Å²) < 4.78 is 11.1. The van der Waals surface area contributed by atoms with Gasteiger partial charge in [-0.05, 0) is 44.3 Å². The van der Waals surface area contributed by atoms with E-state index in [2.05, 4.69) is 16.0 Å². The monoisotopic (exact) mass is 397 g/mol. The number of hydrogen-bond acceptors (Lipinski definition) is 4. The summed E-state index contributed by atoms with van der Waals surface area (Å²) in [5, 5.41) is 9.64. The fourth-order valence-electron chi connectivity index (χ4n) is 3.17. The summed E-state index contributed by atoms with van der Waals surface area (Å²) in [6.07, 6.45) is 0. The number of para-hydroxylation sites is 3. The molecule has 3 rings (SSSR count). The highest BCUT2D eigenvalue weighted by molar-refractivity contribution is 7.80. The minimum absolute atomic E-state index is 0.249. The van der Waals surface area contributed by atoms with Crippen LogP contribution in [-0.4, -0.2) is 24.7 Å². The molecule has 0 saturated carbocycles. The highest BCUT2D eigenvalue weighted by atomic mass is 32.1. The van der Waals surface area contributed by atoms with E-state index in [1.165, 1.54) is 0 Å². The smallest absolute Gasteiger partial charge is 0.255 e. The Labute approximate surface area is 169 Å². The Kier molecular flexibility index (Phi) is 6.16. The summed E-state index contributed by atoms with van der Waals surface area (Å²) in [6.45, 7) is 4.28. The molecule has 1 aliphatic rings. The fourth-order valence-corrected chi connectivity index (χ4v) is 3.44. The van der Waals surface area contributed by atoms with E-state index in [9.17, 15) is 4.79 Å². The number of ether oxygens (including phenoxy) is 2. The van der Waals surface area contributed by atoms with Gasteiger partial charge < -0.3 is 25.4 Å². The number of allylic oxidation sites excluding steroid dienone is 1. The third kappa shape index (κ3) is 4.09. The molecule has 7 heteroatoms. The minimum Gasteiger partial charge on any atom is -0.495 e. The molecule has 28 heavy (non-hydrogen) atoms. The van der Waals surface area contributed by atoms with Crippen LogP contribution in [0.4, 0.5) is 5.69 Å². The summed E-state index contributed by atoms with van der Waals surface area (Å²) in [5.41, 5.74) is 2.66. The lowest BCUT2D eigenvalue weighted by Gasteiger charge is -2.31. The molecule has 0 spiro atoms. The Morgan fingerprint density at radius 1 is 1.14 bits per heavy atom. The maximum absolute atomic E-state index is 13.2. The summed E-state index contributed by atoms with van der Waals surface area (Å²) >= 11 is 5.33. The van der Waals surface area contributed by atoms with Crippen LogP contribution in [0.15, 0.2) is 59.8 Å². The van der Waals surface area contributed by atoms with E-state index in [0.29, 0.717) is 40.2 Å². The topological polar surface area (TPSA) is 71.6 Å². The highest BCUT2D eigenvalue weighted by Crippen LogP contribution is 2.34. The molecule has 2 aromatic rings. The molecule has 146 valence electrons. The second kappa shape index (κ2) is 8.75. The van der Waals surface area contributed by atoms with Crippen molar-refractivity contribution in [2.75, 3.05) is 19.0 Å². The molecule has 0 bridgehead atoms. The lowest BCUT2D eigenvalue weighted by molar-refractivity contribution is -0.113. The molecule has 1 amide bonds. The van der Waals surface area contributed by atoms with Gasteiger partial charge in [-0.1, -0.05) is 30.3 Å². The molecular weight excluding hydrogens is 374 g/mol. The minimum atomic E-state index is -0.439. The van der Waals surface area contributed by atoms with Gasteiger partial charge in [0.2, 0.25) is 0 Å². The Balaban J connectivity index is 2.00. The lowest BCUT2D eigenvalue weighted by Crippen LogP contribution is -2.45. The molecule has 1 atom stereocenters. The molecular formula is C21H23N3O3S. The number of nitrogens with one attached hydrogen (secondary N) is 3. The number of anilines is 1. The normalized spacial score (nSPS) is 16.1. The van der Waals surface area contributed by atoms with Gasteiger partial charge in [0.1, 0.15) is 11.5 Å². The van der Waals surface area contributed by atoms with Crippen molar-refractivity contribution < 1.29 is 14.3 Å². The number of carbonyl (C=O) groups is 1. The molecule has 0 aliphatic carbocycles. The maximum Gasteiger partial charge on any atom is 0.255 e. The molecule has 1 aliphatic heterocycles. The van der Waals surface area contributed by atoms with Gasteiger partial charge in [-0.2, -0.15) is 0 Å². The van der Waals surface area contributed by atoms with Gasteiger partial charge in [-0.15, -0.1) is 0 Å². The molecule has 6 nitrogen and oxygen atoms in total. The molecule has 0 saturated heterocycles. The first-order valence-electron chi connectivity index (χ1n) is 8.99. The van der Waals surface area contributed by atoms with Crippen LogP contribution >= 0.6 is 12.2 Å². The van der Waals surface area contributed by atoms with Crippen molar-refractivity contribution in [2.24, 2.45) is 0 Å². The number of thiocarbonyl (C=S) groups is 1. The average molecular weight is 398 g/mol. The number of carbonyl (C=O) groups excluding carboxylic acids is 1. The predicted octanol–water partition coefficient (Wildman–Crippen LogP) is 3.53. The van der Waals surface area contributed by atoms with E-state index in [1.54, 1.807) is 19.2 Å². The molecule has 1 unspecified atom stereocenters. The zero-order valence-electron chi connectivity index (χ0n) is 16.0. The van der Waals surface area contributed by atoms with Crippen molar-refractivity contribution in [1.29, 1.82) is 0 Å². The number of rotatable bonds is 6. The second-order valence-electron chi connectivity index (χ2n) is 6.20. The number of amides is 1. The van der Waals surface area contributed by atoms with Crippen molar-refractivity contribution in [2.45, 2.75) is 19.9 Å². The average Bonchev–Trinajstić information content (AvgIpc) is 2.68. The summed E-state index contributed by atoms with van der Waals surface area (Å²) in [6, 6.07) is 14.5. The SMILES string of the molecule is CCOc1ccccc1C1NC(=S)NC(C)=C1C(=O)Nc1ccccc1OC. The molecule has 0 fully saturated rings. The lowest BCUT2D eigenvalue weighted by atomic mass is 9.94. The van der Waals surface area contributed by atoms with Gasteiger partial charge in [0, 0.05) is 11.3 Å². The Bertz CT molecular complexity index is 927. The quantitative estimate of drug-likeness (QED) is 0.648. The van der Waals surface area contributed by atoms with Crippen LogP contribution in [0.25, 0.3) is 0 Å². The van der Waals surface area contributed by atoms with E-state index in [0.717, 1.165) is 5.56 Å². The molecule has 0 radical (unpaired) electrons. The van der Waals surface area contributed by atoms with E-state index >= 15 is 0 Å². The first-order chi connectivity index (χ1) is 13.5. The third-order valence-electron chi connectivity index (χ3n) is 4.40. The maximum atomic E-state index is 13.2. The van der Waals surface area contributed by atoms with Gasteiger partial charge >= 0.3 is 0 Å². The first kappa shape index (κ1) is 19.7. The number of methoxy groups -OCH3 is 1. The van der Waals surface area contributed by atoms with Crippen LogP contribution in [0.3, 0.4) is 0 Å². The van der Waals surface area contributed by atoms with Gasteiger partial charge in [-0.3, -0.25) is 4.79 Å². The summed E-state index contributed by atoms with van der Waals surface area (Å²) in [5.74, 6) is 1.05. The van der Waals surface area contributed by atoms with Crippen molar-refractivity contribution in [3.05, 3.63) is 65.4 Å². The Morgan fingerprint density at radius 2 is 1.82 bits per heavy atom. The second-order valence-corrected chi connectivity index (χ2v) is 6.60. The van der Waals surface area contributed by atoms with Gasteiger partial charge in [0.05, 0.1) is 31.0 Å². The summed E-state index contributed by atoms with van der Waals surface area (Å²) in [7, 11) is 1.57. The van der Waals surface area contributed by atoms with Crippen LogP contribution < -0.4 is 25.4 Å². The van der Waals surface area contributed by atoms with Crippen molar-refractivity contribution in [3.8, 4) is 11.5 Å². The van der Waals surface area contributed by atoms with Crippen LogP contribution in [-0.2, 0) is 4.79 Å².